The number of rotatable bonds is 3. The standard InChI is InChI=1S/C13H18N4O4/c1-15-12(18)10-7-21-4-3-17(10)11-9(13(19)20-2)5-8(14)6-16-11/h5-6,10H,3-4,7,14H2,1-2H3,(H,15,18). The van der Waals surface area contributed by atoms with Crippen LogP contribution >= 0.6 is 0 Å². The van der Waals surface area contributed by atoms with E-state index in [1.807, 2.05) is 0 Å². The molecule has 1 saturated heterocycles. The van der Waals surface area contributed by atoms with Gasteiger partial charge in [-0.3, -0.25) is 4.79 Å². The van der Waals surface area contributed by atoms with Gasteiger partial charge in [-0.05, 0) is 6.07 Å². The van der Waals surface area contributed by atoms with Crippen LogP contribution in [0, 0.1) is 0 Å². The predicted octanol–water partition coefficient (Wildman–Crippen LogP) is -0.598. The zero-order valence-electron chi connectivity index (χ0n) is 12.0. The van der Waals surface area contributed by atoms with Gasteiger partial charge < -0.3 is 25.4 Å². The molecule has 1 atom stereocenters. The maximum atomic E-state index is 12.0. The Labute approximate surface area is 122 Å². The summed E-state index contributed by atoms with van der Waals surface area (Å²) in [6.07, 6.45) is 1.44. The van der Waals surface area contributed by atoms with Gasteiger partial charge in [0.2, 0.25) is 5.91 Å². The fourth-order valence-electron chi connectivity index (χ4n) is 2.20. The van der Waals surface area contributed by atoms with Crippen molar-refractivity contribution in [3.05, 3.63) is 17.8 Å². The molecule has 2 heterocycles. The summed E-state index contributed by atoms with van der Waals surface area (Å²) in [5.41, 5.74) is 6.26. The number of nitrogens with two attached hydrogens (primary N) is 1. The molecule has 0 radical (unpaired) electrons. The summed E-state index contributed by atoms with van der Waals surface area (Å²) in [6, 6.07) is 0.938. The van der Waals surface area contributed by atoms with Crippen LogP contribution in [-0.2, 0) is 14.3 Å². The highest BCUT2D eigenvalue weighted by atomic mass is 16.5. The second-order valence-electron chi connectivity index (χ2n) is 4.53. The van der Waals surface area contributed by atoms with Crippen LogP contribution in [0.1, 0.15) is 10.4 Å². The smallest absolute Gasteiger partial charge is 0.341 e. The molecule has 0 spiro atoms. The van der Waals surface area contributed by atoms with E-state index in [-0.39, 0.29) is 18.1 Å². The number of nitrogens with zero attached hydrogens (tertiary/aromatic N) is 2. The van der Waals surface area contributed by atoms with Gasteiger partial charge in [-0.1, -0.05) is 0 Å². The first-order valence-electron chi connectivity index (χ1n) is 6.48. The third kappa shape index (κ3) is 3.05. The van der Waals surface area contributed by atoms with E-state index in [0.29, 0.717) is 24.7 Å². The maximum Gasteiger partial charge on any atom is 0.341 e. The quantitative estimate of drug-likeness (QED) is 0.717. The number of amides is 1. The van der Waals surface area contributed by atoms with Gasteiger partial charge in [-0.15, -0.1) is 0 Å². The van der Waals surface area contributed by atoms with E-state index in [1.54, 1.807) is 11.9 Å². The lowest BCUT2D eigenvalue weighted by Gasteiger charge is -2.35. The van der Waals surface area contributed by atoms with E-state index in [9.17, 15) is 9.59 Å². The van der Waals surface area contributed by atoms with Gasteiger partial charge in [0.1, 0.15) is 17.4 Å². The highest BCUT2D eigenvalue weighted by Crippen LogP contribution is 2.24. The third-order valence-corrected chi connectivity index (χ3v) is 3.24. The molecule has 1 amide bonds. The second kappa shape index (κ2) is 6.40. The van der Waals surface area contributed by atoms with E-state index in [1.165, 1.54) is 19.4 Å². The number of ether oxygens (including phenoxy) is 2. The largest absolute Gasteiger partial charge is 0.465 e. The number of methoxy groups -OCH3 is 1. The molecule has 8 heteroatoms. The number of carbonyl (C=O) groups is 2. The third-order valence-electron chi connectivity index (χ3n) is 3.24. The average molecular weight is 294 g/mol. The van der Waals surface area contributed by atoms with Crippen molar-refractivity contribution in [2.45, 2.75) is 6.04 Å². The molecule has 2 rings (SSSR count). The minimum atomic E-state index is -0.553. The lowest BCUT2D eigenvalue weighted by molar-refractivity contribution is -0.124. The van der Waals surface area contributed by atoms with E-state index in [2.05, 4.69) is 10.3 Å². The summed E-state index contributed by atoms with van der Waals surface area (Å²) in [5.74, 6) is -0.385. The first kappa shape index (κ1) is 15.0. The Bertz CT molecular complexity index is 549. The average Bonchev–Trinajstić information content (AvgIpc) is 2.53. The second-order valence-corrected chi connectivity index (χ2v) is 4.53. The van der Waals surface area contributed by atoms with Gasteiger partial charge in [-0.2, -0.15) is 0 Å². The molecule has 0 aliphatic carbocycles. The Morgan fingerprint density at radius 1 is 1.57 bits per heavy atom. The van der Waals surface area contributed by atoms with E-state index in [4.69, 9.17) is 15.2 Å². The number of aromatic nitrogens is 1. The summed E-state index contributed by atoms with van der Waals surface area (Å²) in [4.78, 5) is 29.8. The Balaban J connectivity index is 2.43. The number of anilines is 2. The molecule has 3 N–H and O–H groups in total. The van der Waals surface area contributed by atoms with Crippen molar-refractivity contribution in [3.63, 3.8) is 0 Å². The van der Waals surface area contributed by atoms with Crippen molar-refractivity contribution in [1.82, 2.24) is 10.3 Å². The highest BCUT2D eigenvalue weighted by Gasteiger charge is 2.32. The van der Waals surface area contributed by atoms with Crippen LogP contribution in [0.2, 0.25) is 0 Å². The number of likely N-dealkylation sites (N-methyl/N-ethyl adjacent to an activating group) is 1. The fourth-order valence-corrected chi connectivity index (χ4v) is 2.20. The van der Waals surface area contributed by atoms with Gasteiger partial charge in [0.05, 0.1) is 32.2 Å². The molecule has 114 valence electrons. The van der Waals surface area contributed by atoms with Crippen LogP contribution in [0.5, 0.6) is 0 Å². The maximum absolute atomic E-state index is 12.0. The number of morpholine rings is 1. The highest BCUT2D eigenvalue weighted by molar-refractivity contribution is 5.97. The molecule has 21 heavy (non-hydrogen) atoms. The van der Waals surface area contributed by atoms with Crippen LogP contribution in [0.15, 0.2) is 12.3 Å². The van der Waals surface area contributed by atoms with E-state index >= 15 is 0 Å². The summed E-state index contributed by atoms with van der Waals surface area (Å²) >= 11 is 0. The van der Waals surface area contributed by atoms with Crippen LogP contribution in [0.4, 0.5) is 11.5 Å². The molecule has 0 aromatic carbocycles. The molecule has 0 bridgehead atoms. The molecule has 0 saturated carbocycles. The van der Waals surface area contributed by atoms with E-state index in [0.717, 1.165) is 0 Å². The van der Waals surface area contributed by atoms with Gasteiger partial charge in [0, 0.05) is 13.6 Å². The normalized spacial score (nSPS) is 18.2. The molecule has 1 aliphatic rings. The fraction of sp³-hybridized carbons (Fsp3) is 0.462. The predicted molar refractivity (Wildman–Crippen MR) is 76.0 cm³/mol. The van der Waals surface area contributed by atoms with Crippen molar-refractivity contribution < 1.29 is 19.1 Å². The zero-order valence-corrected chi connectivity index (χ0v) is 12.0. The number of nitrogens with one attached hydrogen (secondary N) is 1. The number of hydrogen-bond acceptors (Lipinski definition) is 7. The van der Waals surface area contributed by atoms with Gasteiger partial charge >= 0.3 is 5.97 Å². The minimum Gasteiger partial charge on any atom is -0.465 e. The number of nitrogen functional groups attached to an aromatic ring is 1. The van der Waals surface area contributed by atoms with Crippen molar-refractivity contribution in [3.8, 4) is 0 Å². The molecule has 1 unspecified atom stereocenters. The monoisotopic (exact) mass is 294 g/mol. The lowest BCUT2D eigenvalue weighted by Crippen LogP contribution is -2.54. The number of pyridine rings is 1. The van der Waals surface area contributed by atoms with Crippen molar-refractivity contribution >= 4 is 23.4 Å². The minimum absolute atomic E-state index is 0.204. The summed E-state index contributed by atoms with van der Waals surface area (Å²) < 4.78 is 10.1. The van der Waals surface area contributed by atoms with Crippen molar-refractivity contribution in [2.75, 3.05) is 44.5 Å². The Morgan fingerprint density at radius 3 is 3.00 bits per heavy atom. The van der Waals surface area contributed by atoms with Crippen LogP contribution in [0.25, 0.3) is 0 Å². The SMILES string of the molecule is CNC(=O)C1COCCN1c1ncc(N)cc1C(=O)OC. The molecule has 1 aromatic heterocycles. The zero-order chi connectivity index (χ0) is 15.4. The Kier molecular flexibility index (Phi) is 4.59. The van der Waals surface area contributed by atoms with Crippen LogP contribution in [-0.4, -0.2) is 56.8 Å². The molecular formula is C13H18N4O4. The first-order valence-corrected chi connectivity index (χ1v) is 6.48. The number of hydrogen-bond donors (Lipinski definition) is 2. The first-order chi connectivity index (χ1) is 10.1. The molecule has 1 fully saturated rings. The summed E-state index contributed by atoms with van der Waals surface area (Å²) in [6.45, 7) is 1.12. The number of esters is 1. The number of carbonyl (C=O) groups excluding carboxylic acids is 2. The molecular weight excluding hydrogens is 276 g/mol. The molecule has 1 aliphatic heterocycles. The van der Waals surface area contributed by atoms with Gasteiger partial charge in [0.15, 0.2) is 0 Å². The van der Waals surface area contributed by atoms with Crippen molar-refractivity contribution in [1.29, 1.82) is 0 Å². The summed E-state index contributed by atoms with van der Waals surface area (Å²) in [7, 11) is 2.83. The van der Waals surface area contributed by atoms with Crippen molar-refractivity contribution in [2.24, 2.45) is 0 Å². The lowest BCUT2D eigenvalue weighted by atomic mass is 10.1. The topological polar surface area (TPSA) is 107 Å². The summed E-state index contributed by atoms with van der Waals surface area (Å²) in [5, 5.41) is 2.58. The van der Waals surface area contributed by atoms with E-state index < -0.39 is 12.0 Å². The molecule has 1 aromatic rings. The van der Waals surface area contributed by atoms with Crippen LogP contribution in [0.3, 0.4) is 0 Å². The van der Waals surface area contributed by atoms with Gasteiger partial charge in [-0.25, -0.2) is 9.78 Å². The van der Waals surface area contributed by atoms with Crippen LogP contribution < -0.4 is 16.0 Å². The Hall–Kier alpha value is -2.35. The molecule has 8 nitrogen and oxygen atoms in total. The Morgan fingerprint density at radius 2 is 2.33 bits per heavy atom. The van der Waals surface area contributed by atoms with Gasteiger partial charge in [0.25, 0.3) is 0 Å².